The Labute approximate surface area is 196 Å². The highest BCUT2D eigenvalue weighted by Gasteiger charge is 2.45. The second-order valence-corrected chi connectivity index (χ2v) is 12.1. The summed E-state index contributed by atoms with van der Waals surface area (Å²) in [7, 11) is -3.11. The molecule has 3 aromatic rings. The normalized spacial score (nSPS) is 22.8. The van der Waals surface area contributed by atoms with Gasteiger partial charge in [0.1, 0.15) is 17.6 Å². The fourth-order valence-corrected chi connectivity index (χ4v) is 5.57. The monoisotopic (exact) mass is 489 g/mol. The zero-order chi connectivity index (χ0) is 23.7. The predicted molar refractivity (Wildman–Crippen MR) is 126 cm³/mol. The highest BCUT2D eigenvalue weighted by Crippen LogP contribution is 2.43. The molecule has 1 aliphatic carbocycles. The maximum Gasteiger partial charge on any atom is 0.160 e. The number of fused-ring (bicyclic) bond motifs is 1. The number of alkyl halides is 1. The maximum atomic E-state index is 14.7. The summed E-state index contributed by atoms with van der Waals surface area (Å²) in [4.78, 5) is 6.51. The molecule has 0 aromatic carbocycles. The molecule has 0 amide bonds. The van der Waals surface area contributed by atoms with Crippen LogP contribution in [0.2, 0.25) is 0 Å². The number of hydrogen-bond donors (Lipinski definition) is 1. The number of aromatic nitrogens is 5. The first-order valence-corrected chi connectivity index (χ1v) is 13.6. The van der Waals surface area contributed by atoms with Crippen LogP contribution in [0.3, 0.4) is 0 Å². The molecule has 34 heavy (non-hydrogen) atoms. The lowest BCUT2D eigenvalue weighted by Crippen LogP contribution is -2.54. The third kappa shape index (κ3) is 3.82. The number of rotatable bonds is 6. The first-order chi connectivity index (χ1) is 16.2. The third-order valence-corrected chi connectivity index (χ3v) is 8.56. The summed E-state index contributed by atoms with van der Waals surface area (Å²) in [6.45, 7) is 1.59. The lowest BCUT2D eigenvalue weighted by molar-refractivity contribution is -0.0393. The standard InChI is InChI=1S/C22H28FN7O3S/c1-34(31,32)14-10-28(11-14)21-15-9-25-17(8-18(15)30(27-21)13-22(23)5-6-22)20-16(24)12-29(26-20)19-4-2-3-7-33-19/h8-9,12,14,19H,2-7,10-11,13,24H2,1H3. The molecule has 2 N–H and O–H groups in total. The quantitative estimate of drug-likeness (QED) is 0.560. The van der Waals surface area contributed by atoms with E-state index in [2.05, 4.69) is 15.2 Å². The van der Waals surface area contributed by atoms with Gasteiger partial charge in [-0.25, -0.2) is 17.5 Å². The summed E-state index contributed by atoms with van der Waals surface area (Å²) in [6.07, 6.45) is 8.61. The van der Waals surface area contributed by atoms with Crippen LogP contribution < -0.4 is 10.6 Å². The molecular weight excluding hydrogens is 461 g/mol. The van der Waals surface area contributed by atoms with Gasteiger partial charge < -0.3 is 15.4 Å². The molecule has 1 saturated carbocycles. The number of nitrogen functional groups attached to an aromatic ring is 1. The van der Waals surface area contributed by atoms with Crippen LogP contribution in [-0.4, -0.2) is 69.8 Å². The van der Waals surface area contributed by atoms with Crippen molar-refractivity contribution in [3.63, 3.8) is 0 Å². The van der Waals surface area contributed by atoms with Crippen molar-refractivity contribution in [1.29, 1.82) is 0 Å². The van der Waals surface area contributed by atoms with Crippen LogP contribution in [-0.2, 0) is 21.1 Å². The minimum absolute atomic E-state index is 0.138. The Kier molecular flexibility index (Phi) is 4.89. The van der Waals surface area contributed by atoms with Crippen molar-refractivity contribution in [2.24, 2.45) is 0 Å². The minimum Gasteiger partial charge on any atom is -0.396 e. The van der Waals surface area contributed by atoms with Crippen molar-refractivity contribution in [3.8, 4) is 11.4 Å². The summed E-state index contributed by atoms with van der Waals surface area (Å²) >= 11 is 0. The first-order valence-electron chi connectivity index (χ1n) is 11.7. The molecule has 0 bridgehead atoms. The Balaban J connectivity index is 1.36. The Morgan fingerprint density at radius 1 is 1.26 bits per heavy atom. The molecule has 12 heteroatoms. The van der Waals surface area contributed by atoms with E-state index in [1.54, 1.807) is 21.8 Å². The van der Waals surface area contributed by atoms with Crippen LogP contribution in [0.4, 0.5) is 15.9 Å². The molecule has 3 fully saturated rings. The largest absolute Gasteiger partial charge is 0.396 e. The fourth-order valence-electron chi connectivity index (χ4n) is 4.67. The highest BCUT2D eigenvalue weighted by molar-refractivity contribution is 7.91. The van der Waals surface area contributed by atoms with Gasteiger partial charge in [-0.2, -0.15) is 10.2 Å². The van der Waals surface area contributed by atoms with Crippen molar-refractivity contribution < 1.29 is 17.5 Å². The molecule has 6 rings (SSSR count). The number of nitrogens with zero attached hydrogens (tertiary/aromatic N) is 6. The fraction of sp³-hybridized carbons (Fsp3) is 0.591. The summed E-state index contributed by atoms with van der Waals surface area (Å²) in [5.74, 6) is 0.632. The van der Waals surface area contributed by atoms with Gasteiger partial charge in [-0.3, -0.25) is 9.67 Å². The molecule has 1 atom stereocenters. The summed E-state index contributed by atoms with van der Waals surface area (Å²) < 4.78 is 47.7. The van der Waals surface area contributed by atoms with Crippen molar-refractivity contribution in [2.75, 3.05) is 36.6 Å². The van der Waals surface area contributed by atoms with Crippen LogP contribution in [0.1, 0.15) is 38.3 Å². The Morgan fingerprint density at radius 2 is 2.06 bits per heavy atom. The molecule has 2 aliphatic heterocycles. The van der Waals surface area contributed by atoms with Gasteiger partial charge in [0.2, 0.25) is 0 Å². The van der Waals surface area contributed by atoms with Crippen molar-refractivity contribution in [2.45, 2.75) is 55.8 Å². The number of ether oxygens (including phenoxy) is 1. The average molecular weight is 490 g/mol. The molecule has 3 aromatic heterocycles. The zero-order valence-corrected chi connectivity index (χ0v) is 19.8. The number of hydrogen-bond acceptors (Lipinski definition) is 8. The van der Waals surface area contributed by atoms with Crippen LogP contribution in [0, 0.1) is 0 Å². The van der Waals surface area contributed by atoms with Crippen LogP contribution in [0.25, 0.3) is 22.3 Å². The van der Waals surface area contributed by atoms with E-state index in [-0.39, 0.29) is 12.8 Å². The van der Waals surface area contributed by atoms with E-state index in [1.807, 2.05) is 11.0 Å². The van der Waals surface area contributed by atoms with Crippen molar-refractivity contribution in [3.05, 3.63) is 18.5 Å². The predicted octanol–water partition coefficient (Wildman–Crippen LogP) is 2.31. The van der Waals surface area contributed by atoms with Gasteiger partial charge in [0.05, 0.1) is 40.3 Å². The molecule has 5 heterocycles. The van der Waals surface area contributed by atoms with E-state index in [1.165, 1.54) is 6.26 Å². The smallest absolute Gasteiger partial charge is 0.160 e. The first kappa shape index (κ1) is 21.8. The summed E-state index contributed by atoms with van der Waals surface area (Å²) in [5, 5.41) is 9.68. The number of anilines is 2. The summed E-state index contributed by atoms with van der Waals surface area (Å²) in [5.41, 5.74) is 7.39. The lowest BCUT2D eigenvalue weighted by Gasteiger charge is -2.38. The number of pyridine rings is 1. The number of halogens is 1. The van der Waals surface area contributed by atoms with Gasteiger partial charge in [0.15, 0.2) is 15.7 Å². The van der Waals surface area contributed by atoms with Gasteiger partial charge in [-0.1, -0.05) is 0 Å². The Bertz CT molecular complexity index is 1350. The Hall–Kier alpha value is -2.73. The van der Waals surface area contributed by atoms with Crippen LogP contribution in [0.15, 0.2) is 18.5 Å². The molecular formula is C22H28FN7O3S. The highest BCUT2D eigenvalue weighted by atomic mass is 32.2. The molecule has 3 aliphatic rings. The second-order valence-electron chi connectivity index (χ2n) is 9.81. The maximum absolute atomic E-state index is 14.7. The van der Waals surface area contributed by atoms with Gasteiger partial charge >= 0.3 is 0 Å². The topological polar surface area (TPSA) is 121 Å². The van der Waals surface area contributed by atoms with E-state index < -0.39 is 20.8 Å². The van der Waals surface area contributed by atoms with Crippen LogP contribution in [0.5, 0.6) is 0 Å². The number of nitrogens with two attached hydrogens (primary N) is 1. The molecule has 182 valence electrons. The van der Waals surface area contributed by atoms with E-state index in [4.69, 9.17) is 10.5 Å². The SMILES string of the molecule is CS(=O)(=O)C1CN(c2nn(CC3(F)CC3)c3cc(-c4nn(C5CCCCO5)cc4N)ncc23)C1. The van der Waals surface area contributed by atoms with Gasteiger partial charge in [0, 0.05) is 32.1 Å². The molecule has 1 unspecified atom stereocenters. The van der Waals surface area contributed by atoms with Crippen LogP contribution >= 0.6 is 0 Å². The van der Waals surface area contributed by atoms with E-state index in [9.17, 15) is 12.8 Å². The third-order valence-electron chi connectivity index (χ3n) is 7.05. The lowest BCUT2D eigenvalue weighted by atomic mass is 10.1. The van der Waals surface area contributed by atoms with Gasteiger partial charge in [-0.05, 0) is 38.2 Å². The molecule has 2 saturated heterocycles. The van der Waals surface area contributed by atoms with Gasteiger partial charge in [-0.15, -0.1) is 0 Å². The zero-order valence-electron chi connectivity index (χ0n) is 19.0. The minimum atomic E-state index is -3.11. The van der Waals surface area contributed by atoms with Crippen molar-refractivity contribution in [1.82, 2.24) is 24.5 Å². The van der Waals surface area contributed by atoms with E-state index in [0.29, 0.717) is 55.4 Å². The summed E-state index contributed by atoms with van der Waals surface area (Å²) in [6, 6.07) is 1.84. The molecule has 10 nitrogen and oxygen atoms in total. The average Bonchev–Trinajstić information content (AvgIpc) is 3.21. The molecule has 0 spiro atoms. The van der Waals surface area contributed by atoms with Gasteiger partial charge in [0.25, 0.3) is 0 Å². The Morgan fingerprint density at radius 3 is 2.74 bits per heavy atom. The second kappa shape index (κ2) is 7.64. The van der Waals surface area contributed by atoms with E-state index in [0.717, 1.165) is 30.2 Å². The van der Waals surface area contributed by atoms with E-state index >= 15 is 0 Å². The molecule has 0 radical (unpaired) electrons. The van der Waals surface area contributed by atoms with Crippen molar-refractivity contribution >= 4 is 32.2 Å². The number of sulfone groups is 1.